The maximum absolute atomic E-state index is 13.3. The second kappa shape index (κ2) is 9.05. The molecule has 164 valence electrons. The zero-order chi connectivity index (χ0) is 22.7. The number of amides is 3. The summed E-state index contributed by atoms with van der Waals surface area (Å²) < 4.78 is 10.9. The zero-order valence-electron chi connectivity index (χ0n) is 17.8. The highest BCUT2D eigenvalue weighted by Crippen LogP contribution is 2.36. The first-order valence-corrected chi connectivity index (χ1v) is 10.4. The van der Waals surface area contributed by atoms with Crippen LogP contribution >= 0.6 is 0 Å². The molecule has 1 unspecified atom stereocenters. The third-order valence-corrected chi connectivity index (χ3v) is 5.35. The molecule has 0 saturated heterocycles. The molecule has 32 heavy (non-hydrogen) atoms. The van der Waals surface area contributed by atoms with E-state index < -0.39 is 24.0 Å². The van der Waals surface area contributed by atoms with Crippen molar-refractivity contribution in [3.8, 4) is 0 Å². The molecule has 0 fully saturated rings. The highest BCUT2D eigenvalue weighted by atomic mass is 16.5. The number of hydrogen-bond acceptors (Lipinski definition) is 6. The zero-order valence-corrected chi connectivity index (χ0v) is 17.8. The number of nitrogens with one attached hydrogen (secondary N) is 2. The molecule has 1 atom stereocenters. The molecular weight excluding hydrogens is 410 g/mol. The Bertz CT molecular complexity index is 1210. The van der Waals surface area contributed by atoms with Crippen LogP contribution < -0.4 is 10.6 Å². The maximum Gasteiger partial charge on any atom is 0.339 e. The van der Waals surface area contributed by atoms with E-state index in [0.717, 1.165) is 29.7 Å². The first-order chi connectivity index (χ1) is 15.5. The summed E-state index contributed by atoms with van der Waals surface area (Å²) in [6, 6.07) is 10.4. The van der Waals surface area contributed by atoms with E-state index in [4.69, 9.17) is 14.1 Å². The van der Waals surface area contributed by atoms with Gasteiger partial charge in [0.15, 0.2) is 6.10 Å². The minimum atomic E-state index is -1.15. The van der Waals surface area contributed by atoms with Gasteiger partial charge in [-0.15, -0.1) is 0 Å². The summed E-state index contributed by atoms with van der Waals surface area (Å²) in [4.78, 5) is 41.7. The number of carbonyl (C=O) groups excluding carboxylic acids is 3. The summed E-state index contributed by atoms with van der Waals surface area (Å²) in [5.74, 6) is -0.617. The summed E-state index contributed by atoms with van der Waals surface area (Å²) >= 11 is 0. The number of para-hydroxylation sites is 1. The van der Waals surface area contributed by atoms with Gasteiger partial charge < -0.3 is 14.5 Å². The summed E-state index contributed by atoms with van der Waals surface area (Å²) in [7, 11) is 1.39. The number of rotatable bonds is 4. The molecule has 1 aliphatic carbocycles. The second-order valence-electron chi connectivity index (χ2n) is 7.49. The third kappa shape index (κ3) is 4.25. The van der Waals surface area contributed by atoms with Crippen LogP contribution in [0.4, 0.5) is 4.79 Å². The predicted octanol–water partition coefficient (Wildman–Crippen LogP) is 3.71. The van der Waals surface area contributed by atoms with Gasteiger partial charge in [-0.2, -0.15) is 0 Å². The van der Waals surface area contributed by atoms with Gasteiger partial charge in [0.05, 0.1) is 23.0 Å². The Balaban J connectivity index is 1.75. The highest BCUT2D eigenvalue weighted by Gasteiger charge is 2.28. The molecule has 0 saturated carbocycles. The van der Waals surface area contributed by atoms with E-state index >= 15 is 0 Å². The van der Waals surface area contributed by atoms with Gasteiger partial charge in [0.1, 0.15) is 5.76 Å². The molecule has 0 bridgehead atoms. The van der Waals surface area contributed by atoms with Crippen LogP contribution in [0.3, 0.4) is 0 Å². The van der Waals surface area contributed by atoms with Crippen molar-refractivity contribution in [2.75, 3.05) is 7.05 Å². The van der Waals surface area contributed by atoms with Crippen molar-refractivity contribution in [3.05, 3.63) is 65.2 Å². The van der Waals surface area contributed by atoms with Crippen LogP contribution in [0.5, 0.6) is 0 Å². The van der Waals surface area contributed by atoms with E-state index in [1.54, 1.807) is 6.26 Å². The first-order valence-electron chi connectivity index (χ1n) is 10.4. The molecule has 8 heteroatoms. The smallest absolute Gasteiger partial charge is 0.339 e. The van der Waals surface area contributed by atoms with Crippen molar-refractivity contribution in [2.24, 2.45) is 0 Å². The van der Waals surface area contributed by atoms with E-state index in [2.05, 4.69) is 10.6 Å². The predicted molar refractivity (Wildman–Crippen MR) is 119 cm³/mol. The number of aromatic nitrogens is 1. The number of imide groups is 1. The van der Waals surface area contributed by atoms with E-state index in [1.165, 1.54) is 14.0 Å². The van der Waals surface area contributed by atoms with Crippen LogP contribution in [0.15, 0.2) is 47.1 Å². The number of furan rings is 1. The first kappa shape index (κ1) is 21.3. The molecule has 1 aromatic carbocycles. The number of urea groups is 1. The van der Waals surface area contributed by atoms with E-state index in [9.17, 15) is 14.4 Å². The third-order valence-electron chi connectivity index (χ3n) is 5.35. The van der Waals surface area contributed by atoms with Crippen LogP contribution in [0.2, 0.25) is 0 Å². The standard InChI is InChI=1S/C24H23N3O5/c1-14(22(28)27-24(30)25-2)32-23(29)20-17-9-3-4-11-19(17)26-21-15(7-5-10-18(20)21)13-16-8-6-12-31-16/h3-4,6,8-9,11-14H,5,7,10H2,1-2H3,(H2,25,27,28,30)/b15-13-. The minimum absolute atomic E-state index is 0.398. The molecule has 3 amide bonds. The fraction of sp³-hybridized carbons (Fsp3) is 0.250. The van der Waals surface area contributed by atoms with Crippen molar-refractivity contribution in [1.29, 1.82) is 0 Å². The number of esters is 1. The van der Waals surface area contributed by atoms with Crippen molar-refractivity contribution < 1.29 is 23.5 Å². The van der Waals surface area contributed by atoms with Crippen molar-refractivity contribution in [2.45, 2.75) is 32.3 Å². The van der Waals surface area contributed by atoms with Crippen molar-refractivity contribution in [3.63, 3.8) is 0 Å². The normalized spacial score (nSPS) is 15.1. The molecule has 2 N–H and O–H groups in total. The number of nitrogens with zero attached hydrogens (tertiary/aromatic N) is 1. The quantitative estimate of drug-likeness (QED) is 0.607. The fourth-order valence-electron chi connectivity index (χ4n) is 3.80. The number of fused-ring (bicyclic) bond motifs is 2. The van der Waals surface area contributed by atoms with Gasteiger partial charge in [-0.3, -0.25) is 10.1 Å². The average molecular weight is 433 g/mol. The Morgan fingerprint density at radius 1 is 1.16 bits per heavy atom. The lowest BCUT2D eigenvalue weighted by Crippen LogP contribution is -2.43. The number of carbonyl (C=O) groups is 3. The topological polar surface area (TPSA) is 111 Å². The Morgan fingerprint density at radius 2 is 1.97 bits per heavy atom. The van der Waals surface area contributed by atoms with Crippen molar-refractivity contribution >= 4 is 40.5 Å². The Kier molecular flexibility index (Phi) is 6.02. The minimum Gasteiger partial charge on any atom is -0.465 e. The molecule has 2 aromatic heterocycles. The SMILES string of the molecule is CNC(=O)NC(=O)C(C)OC(=O)c1c2c(nc3ccccc13)/C(=C\c1ccco1)CCC2. The lowest BCUT2D eigenvalue weighted by molar-refractivity contribution is -0.127. The van der Waals surface area contributed by atoms with Gasteiger partial charge in [-0.05, 0) is 61.6 Å². The van der Waals surface area contributed by atoms with Gasteiger partial charge >= 0.3 is 12.0 Å². The molecule has 2 heterocycles. The lowest BCUT2D eigenvalue weighted by atomic mass is 9.86. The molecule has 8 nitrogen and oxygen atoms in total. The van der Waals surface area contributed by atoms with Crippen LogP contribution in [0.25, 0.3) is 22.6 Å². The monoisotopic (exact) mass is 433 g/mol. The number of allylic oxidation sites excluding steroid dienone is 1. The summed E-state index contributed by atoms with van der Waals surface area (Å²) in [6.45, 7) is 1.42. The average Bonchev–Trinajstić information content (AvgIpc) is 3.30. The van der Waals surface area contributed by atoms with Crippen molar-refractivity contribution in [1.82, 2.24) is 15.6 Å². The Labute approximate surface area is 184 Å². The summed E-state index contributed by atoms with van der Waals surface area (Å²) in [5.41, 5.74) is 3.56. The Morgan fingerprint density at radius 3 is 2.72 bits per heavy atom. The molecular formula is C24H23N3O5. The Hall–Kier alpha value is -3.94. The molecule has 0 radical (unpaired) electrons. The van der Waals surface area contributed by atoms with E-state index in [-0.39, 0.29) is 0 Å². The van der Waals surface area contributed by atoms with Gasteiger partial charge in [0.2, 0.25) is 0 Å². The van der Waals surface area contributed by atoms with E-state index in [1.807, 2.05) is 42.5 Å². The molecule has 4 rings (SSSR count). The number of ether oxygens (including phenoxy) is 1. The van der Waals surface area contributed by atoms with Crippen LogP contribution in [0.1, 0.15) is 47.1 Å². The number of pyridine rings is 1. The van der Waals surface area contributed by atoms with Gasteiger partial charge in [0, 0.05) is 12.4 Å². The molecule has 1 aliphatic rings. The van der Waals surface area contributed by atoms with Gasteiger partial charge in [-0.1, -0.05) is 18.2 Å². The highest BCUT2D eigenvalue weighted by molar-refractivity contribution is 6.07. The number of hydrogen-bond donors (Lipinski definition) is 2. The fourth-order valence-corrected chi connectivity index (χ4v) is 3.80. The van der Waals surface area contributed by atoms with E-state index in [0.29, 0.717) is 28.6 Å². The summed E-state index contributed by atoms with van der Waals surface area (Å²) in [5, 5.41) is 5.07. The molecule has 3 aromatic rings. The van der Waals surface area contributed by atoms with Crippen LogP contribution in [0, 0.1) is 0 Å². The molecule has 0 aliphatic heterocycles. The van der Waals surface area contributed by atoms with Gasteiger partial charge in [0.25, 0.3) is 5.91 Å². The van der Waals surface area contributed by atoms with Crippen LogP contribution in [-0.2, 0) is 16.0 Å². The summed E-state index contributed by atoms with van der Waals surface area (Å²) in [6.07, 6.45) is 4.70. The van der Waals surface area contributed by atoms with Crippen LogP contribution in [-0.4, -0.2) is 36.0 Å². The van der Waals surface area contributed by atoms with Gasteiger partial charge in [-0.25, -0.2) is 14.6 Å². The molecule has 0 spiro atoms. The number of benzene rings is 1. The lowest BCUT2D eigenvalue weighted by Gasteiger charge is -2.23. The largest absolute Gasteiger partial charge is 0.465 e. The maximum atomic E-state index is 13.3. The second-order valence-corrected chi connectivity index (χ2v) is 7.49.